The first-order valence-corrected chi connectivity index (χ1v) is 23.7. The number of carbonyl (C=O) groups excluding carboxylic acids is 13. The van der Waals surface area contributed by atoms with Crippen molar-refractivity contribution in [2.24, 2.45) is 5.41 Å². The van der Waals surface area contributed by atoms with Crippen LogP contribution in [0.4, 0.5) is 24.0 Å². The van der Waals surface area contributed by atoms with Crippen LogP contribution in [-0.2, 0) is 56.9 Å². The van der Waals surface area contributed by atoms with Crippen molar-refractivity contribution in [3.05, 3.63) is 111 Å². The molecule has 2 aromatic heterocycles. The molecule has 5 saturated heterocycles. The third-order valence-corrected chi connectivity index (χ3v) is 11.2. The van der Waals surface area contributed by atoms with Gasteiger partial charge in [-0.2, -0.15) is 0 Å². The average Bonchev–Trinajstić information content (AvgIpc) is 3.86. The fraction of sp³-hybridized carbons (Fsp3) is 0.400. The maximum Gasteiger partial charge on any atom is 0.333 e. The number of hydrogen-bond acceptors (Lipinski definition) is 19. The van der Waals surface area contributed by atoms with Crippen molar-refractivity contribution in [3.8, 4) is 0 Å². The quantitative estimate of drug-likeness (QED) is 0.0545. The van der Waals surface area contributed by atoms with Gasteiger partial charge in [-0.15, -0.1) is 6.58 Å². The lowest BCUT2D eigenvalue weighted by molar-refractivity contribution is -0.145. The van der Waals surface area contributed by atoms with Gasteiger partial charge in [0.1, 0.15) is 17.4 Å². The van der Waals surface area contributed by atoms with Crippen LogP contribution < -0.4 is 87.3 Å². The van der Waals surface area contributed by atoms with Crippen molar-refractivity contribution in [3.63, 3.8) is 0 Å². The van der Waals surface area contributed by atoms with Crippen LogP contribution in [-0.4, -0.2) is 119 Å². The molecule has 1 aromatic carbocycles. The number of amides is 18. The van der Waals surface area contributed by atoms with Crippen molar-refractivity contribution in [2.45, 2.75) is 104 Å². The number of allylic oxidation sites excluding steroid dienone is 1. The van der Waals surface area contributed by atoms with Crippen molar-refractivity contribution in [1.29, 1.82) is 0 Å². The molecule has 432 valence electrons. The number of nitrogens with zero attached hydrogens (tertiary/aromatic N) is 2. The lowest BCUT2D eigenvalue weighted by Gasteiger charge is -2.33. The smallest absolute Gasteiger partial charge is 0.329 e. The van der Waals surface area contributed by atoms with E-state index in [1.165, 1.54) is 6.08 Å². The number of rotatable bonds is 9. The summed E-state index contributed by atoms with van der Waals surface area (Å²) in [6, 6.07) is 5.68. The highest BCUT2D eigenvalue weighted by Crippen LogP contribution is 2.30. The van der Waals surface area contributed by atoms with Crippen LogP contribution in [0.3, 0.4) is 0 Å². The molecule has 5 aliphatic rings. The lowest BCUT2D eigenvalue weighted by atomic mass is 9.75. The SMILES string of the molecule is C=CCn1c(=O)[nH]c(=O)[nH]c1=O.CC1(C)NC(=O)NC1=O.CCC1(CC)C(=O)NC(=O)NC1=O.CCC1(c2ccccc2)C(=O)NC(=O)NC1=O.CCCCn1c(=O)[nH]c(=O)[nH]c1=O.O=C1CC(=O)NC(=O)N1.O=C1CNC(=O)N1. The van der Waals surface area contributed by atoms with Gasteiger partial charge in [-0.25, -0.2) is 61.9 Å². The van der Waals surface area contributed by atoms with Gasteiger partial charge in [0.15, 0.2) is 5.41 Å². The van der Waals surface area contributed by atoms with E-state index in [2.05, 4.69) is 43.8 Å². The first kappa shape index (κ1) is 65.6. The third-order valence-electron chi connectivity index (χ3n) is 11.2. The van der Waals surface area contributed by atoms with Crippen LogP contribution in [0.15, 0.2) is 71.8 Å². The van der Waals surface area contributed by atoms with E-state index in [0.717, 1.165) is 22.0 Å². The Morgan fingerprint density at radius 2 is 0.900 bits per heavy atom. The van der Waals surface area contributed by atoms with E-state index >= 15 is 0 Å². The fourth-order valence-electron chi connectivity index (χ4n) is 6.78. The Morgan fingerprint density at radius 1 is 0.487 bits per heavy atom. The second kappa shape index (κ2) is 29.7. The zero-order valence-corrected chi connectivity index (χ0v) is 43.7. The largest absolute Gasteiger partial charge is 0.333 e. The summed E-state index contributed by atoms with van der Waals surface area (Å²) in [5.41, 5.74) is -6.84. The highest BCUT2D eigenvalue weighted by atomic mass is 16.2. The Hall–Kier alpha value is -10.5. The van der Waals surface area contributed by atoms with E-state index in [-0.39, 0.29) is 31.3 Å². The molecule has 5 fully saturated rings. The molecule has 0 aliphatic carbocycles. The maximum absolute atomic E-state index is 12.0. The number of carbonyl (C=O) groups is 13. The molecule has 0 saturated carbocycles. The summed E-state index contributed by atoms with van der Waals surface area (Å²) in [6.45, 7) is 14.4. The zero-order valence-electron chi connectivity index (χ0n) is 43.7. The van der Waals surface area contributed by atoms with Gasteiger partial charge in [0.25, 0.3) is 5.91 Å². The topological polar surface area (TPSA) is 518 Å². The van der Waals surface area contributed by atoms with Gasteiger partial charge in [0.2, 0.25) is 41.4 Å². The number of barbiturate groups is 3. The van der Waals surface area contributed by atoms with Gasteiger partial charge in [0, 0.05) is 6.54 Å². The van der Waals surface area contributed by atoms with E-state index in [0.29, 0.717) is 31.4 Å². The lowest BCUT2D eigenvalue weighted by Crippen LogP contribution is -2.64. The summed E-state index contributed by atoms with van der Waals surface area (Å²) >= 11 is 0. The molecular weight excluding hydrogens is 1070 g/mol. The van der Waals surface area contributed by atoms with E-state index in [9.17, 15) is 91.1 Å². The highest BCUT2D eigenvalue weighted by molar-refractivity contribution is 6.23. The summed E-state index contributed by atoms with van der Waals surface area (Å²) in [4.78, 5) is 213. The Labute approximate surface area is 448 Å². The summed E-state index contributed by atoms with van der Waals surface area (Å²) in [6.07, 6.45) is 3.82. The predicted octanol–water partition coefficient (Wildman–Crippen LogP) is -4.53. The zero-order chi connectivity index (χ0) is 60.7. The first-order chi connectivity index (χ1) is 37.5. The van der Waals surface area contributed by atoms with Crippen LogP contribution >= 0.6 is 0 Å². The van der Waals surface area contributed by atoms with Gasteiger partial charge >= 0.3 is 64.3 Å². The van der Waals surface area contributed by atoms with Gasteiger partial charge in [0.05, 0.1) is 13.1 Å². The number of urea groups is 5. The minimum Gasteiger partial charge on any atom is -0.329 e. The molecule has 0 radical (unpaired) electrons. The molecule has 3 aromatic rings. The number of benzene rings is 1. The molecule has 0 atom stereocenters. The minimum absolute atomic E-state index is 0.0744. The summed E-state index contributed by atoms with van der Waals surface area (Å²) in [5, 5.41) is 21.1. The second-order valence-electron chi connectivity index (χ2n) is 17.0. The minimum atomic E-state index is -1.31. The van der Waals surface area contributed by atoms with E-state index in [1.54, 1.807) is 65.0 Å². The Kier molecular flexibility index (Phi) is 24.4. The van der Waals surface area contributed by atoms with Crippen LogP contribution in [0.25, 0.3) is 0 Å². The molecule has 8 rings (SSSR count). The number of H-pyrrole nitrogens is 4. The maximum atomic E-state index is 12.0. The van der Waals surface area contributed by atoms with Crippen LogP contribution in [0, 0.1) is 5.41 Å². The first-order valence-electron chi connectivity index (χ1n) is 23.7. The third kappa shape index (κ3) is 18.4. The highest BCUT2D eigenvalue weighted by Gasteiger charge is 2.50. The second-order valence-corrected chi connectivity index (χ2v) is 17.0. The number of nitrogens with one attached hydrogen (secondary N) is 14. The molecule has 35 heteroatoms. The molecule has 35 nitrogen and oxygen atoms in total. The van der Waals surface area contributed by atoms with E-state index in [4.69, 9.17) is 0 Å². The van der Waals surface area contributed by atoms with Crippen molar-refractivity contribution < 1.29 is 62.3 Å². The number of unbranched alkanes of at least 4 members (excludes halogenated alkanes) is 1. The van der Waals surface area contributed by atoms with Gasteiger partial charge in [-0.1, -0.05) is 70.5 Å². The molecule has 18 amide bonds. The average molecular weight is 1130 g/mol. The molecule has 0 unspecified atom stereocenters. The fourth-order valence-corrected chi connectivity index (χ4v) is 6.78. The van der Waals surface area contributed by atoms with Gasteiger partial charge in [-0.05, 0) is 45.1 Å². The standard InChI is InChI=1S/C12H12N2O3.C8H12N2O3.C7H11N3O3.C6H7N3O3.C5H8N2O2.C4H4N2O3.C3H4N2O2/c1-2-12(8-6-4-3-5-7-8)9(15)13-11(17)14-10(12)16;1-3-8(4-2)5(11)9-7(13)10-6(8)12;1-2-3-4-10-6(12)8-5(11)9-7(10)13;1-2-3-9-5(11)7-4(10)8-6(9)12;1-5(2)3(8)6-4(9)7-5;7-2-1-3(8)6-4(9)5-2;6-2-1-4-3(7)5-2/h3-7H,2H2,1H3,(H2,13,14,15,16,17);3-4H2,1-2H3,(H2,9,10,11,12,13);2-4H2,1H3,(H2,8,9,11,12,13);2H,1,3H2,(H2,7,8,10,11,12);1-2H3,(H2,6,7,8,9);1H2,(H2,5,6,7,8,9);1H2,(H2,4,5,6,7). The molecule has 80 heavy (non-hydrogen) atoms. The van der Waals surface area contributed by atoms with E-state index < -0.39 is 116 Å². The number of aromatic amines is 4. The van der Waals surface area contributed by atoms with Gasteiger partial charge in [-0.3, -0.25) is 101 Å². The van der Waals surface area contributed by atoms with Gasteiger partial charge < -0.3 is 10.6 Å². The summed E-state index contributed by atoms with van der Waals surface area (Å²) < 4.78 is 1.80. The molecule has 5 aliphatic heterocycles. The summed E-state index contributed by atoms with van der Waals surface area (Å²) in [5.74, 6) is -3.76. The Bertz CT molecular complexity index is 3120. The van der Waals surface area contributed by atoms with Crippen molar-refractivity contribution >= 4 is 77.4 Å². The Balaban J connectivity index is 0.000000324. The Morgan fingerprint density at radius 3 is 1.21 bits per heavy atom. The van der Waals surface area contributed by atoms with Crippen LogP contribution in [0.2, 0.25) is 0 Å². The van der Waals surface area contributed by atoms with Crippen molar-refractivity contribution in [2.75, 3.05) is 6.54 Å². The monoisotopic (exact) mass is 1130 g/mol. The molecule has 14 N–H and O–H groups in total. The van der Waals surface area contributed by atoms with E-state index in [1.807, 2.05) is 42.8 Å². The number of hydrogen-bond donors (Lipinski definition) is 14. The van der Waals surface area contributed by atoms with Crippen LogP contribution in [0.5, 0.6) is 0 Å². The number of imide groups is 8. The molecule has 0 spiro atoms. The predicted molar refractivity (Wildman–Crippen MR) is 272 cm³/mol. The molecule has 0 bridgehead atoms. The van der Waals surface area contributed by atoms with Crippen molar-refractivity contribution in [1.82, 2.24) is 82.2 Å². The summed E-state index contributed by atoms with van der Waals surface area (Å²) in [7, 11) is 0. The molecule has 7 heterocycles. The normalized spacial score (nSPS) is 16.9. The molecular formula is C45H58N16O19. The van der Waals surface area contributed by atoms with Crippen LogP contribution in [0.1, 0.15) is 85.6 Å². The number of aromatic nitrogens is 6.